The fraction of sp³-hybridized carbons (Fsp3) is 0.357. The zero-order valence-electron chi connectivity index (χ0n) is 10.9. The quantitative estimate of drug-likeness (QED) is 0.825. The molecule has 0 aliphatic carbocycles. The van der Waals surface area contributed by atoms with Crippen molar-refractivity contribution in [3.63, 3.8) is 0 Å². The highest BCUT2D eigenvalue weighted by molar-refractivity contribution is 5.88. The summed E-state index contributed by atoms with van der Waals surface area (Å²) in [5.74, 6) is -1.96. The van der Waals surface area contributed by atoms with Crippen molar-refractivity contribution < 1.29 is 19.5 Å². The van der Waals surface area contributed by atoms with Crippen LogP contribution in [0.4, 0.5) is 0 Å². The smallest absolute Gasteiger partial charge is 0.303 e. The Morgan fingerprint density at radius 3 is 2.45 bits per heavy atom. The van der Waals surface area contributed by atoms with Gasteiger partial charge in [0.15, 0.2) is 0 Å². The third kappa shape index (κ3) is 2.96. The molecule has 1 heterocycles. The van der Waals surface area contributed by atoms with Gasteiger partial charge in [-0.2, -0.15) is 0 Å². The Morgan fingerprint density at radius 1 is 1.20 bits per heavy atom. The van der Waals surface area contributed by atoms with Gasteiger partial charge in [-0.3, -0.25) is 14.4 Å². The first-order valence-electron chi connectivity index (χ1n) is 6.36. The molecule has 0 radical (unpaired) electrons. The molecule has 6 heteroatoms. The van der Waals surface area contributed by atoms with Crippen LogP contribution in [0.2, 0.25) is 0 Å². The van der Waals surface area contributed by atoms with Crippen LogP contribution in [0.15, 0.2) is 24.3 Å². The summed E-state index contributed by atoms with van der Waals surface area (Å²) in [6.45, 7) is 0.294. The highest BCUT2D eigenvalue weighted by Gasteiger charge is 2.32. The van der Waals surface area contributed by atoms with Crippen molar-refractivity contribution in [2.24, 2.45) is 5.73 Å². The van der Waals surface area contributed by atoms with E-state index in [-0.39, 0.29) is 18.7 Å². The van der Waals surface area contributed by atoms with Crippen LogP contribution in [0.3, 0.4) is 0 Å². The van der Waals surface area contributed by atoms with Crippen molar-refractivity contribution >= 4 is 17.8 Å². The molecule has 0 unspecified atom stereocenters. The van der Waals surface area contributed by atoms with E-state index in [1.54, 1.807) is 0 Å². The molecular formula is C14H16N2O4. The van der Waals surface area contributed by atoms with E-state index in [4.69, 9.17) is 10.8 Å². The van der Waals surface area contributed by atoms with Gasteiger partial charge in [-0.1, -0.05) is 24.3 Å². The maximum absolute atomic E-state index is 12.1. The van der Waals surface area contributed by atoms with Gasteiger partial charge in [-0.25, -0.2) is 0 Å². The molecule has 0 spiro atoms. The minimum absolute atomic E-state index is 0.124. The third-order valence-corrected chi connectivity index (χ3v) is 3.45. The molecule has 0 saturated heterocycles. The number of hydrogen-bond donors (Lipinski definition) is 2. The molecule has 2 rings (SSSR count). The zero-order chi connectivity index (χ0) is 14.7. The summed E-state index contributed by atoms with van der Waals surface area (Å²) in [6.07, 6.45) is 0.00800. The van der Waals surface area contributed by atoms with Crippen molar-refractivity contribution in [3.05, 3.63) is 35.4 Å². The van der Waals surface area contributed by atoms with E-state index < -0.39 is 17.9 Å². The summed E-state index contributed by atoms with van der Waals surface area (Å²) < 4.78 is 0. The molecule has 0 fully saturated rings. The minimum atomic E-state index is -1.04. The lowest BCUT2D eigenvalue weighted by atomic mass is 9.93. The number of aliphatic carboxylic acids is 1. The molecule has 20 heavy (non-hydrogen) atoms. The topological polar surface area (TPSA) is 101 Å². The zero-order valence-corrected chi connectivity index (χ0v) is 10.9. The van der Waals surface area contributed by atoms with Gasteiger partial charge in [0, 0.05) is 19.4 Å². The number of rotatable bonds is 4. The van der Waals surface area contributed by atoms with Gasteiger partial charge in [0.1, 0.15) is 6.04 Å². The number of nitrogens with two attached hydrogens (primary N) is 1. The van der Waals surface area contributed by atoms with Gasteiger partial charge in [-0.05, 0) is 11.1 Å². The van der Waals surface area contributed by atoms with Gasteiger partial charge in [0.05, 0.1) is 6.42 Å². The number of fused-ring (bicyclic) bond motifs is 1. The SMILES string of the molecule is NC(=O)[C@@H]1Cc2ccccc2CN1C(=O)CCC(=O)O. The molecule has 1 aliphatic rings. The second-order valence-electron chi connectivity index (χ2n) is 4.81. The Balaban J connectivity index is 2.20. The van der Waals surface area contributed by atoms with Crippen molar-refractivity contribution in [2.45, 2.75) is 31.8 Å². The van der Waals surface area contributed by atoms with E-state index >= 15 is 0 Å². The Morgan fingerprint density at radius 2 is 1.85 bits per heavy atom. The number of primary amides is 1. The van der Waals surface area contributed by atoms with Crippen LogP contribution < -0.4 is 5.73 Å². The molecular weight excluding hydrogens is 260 g/mol. The van der Waals surface area contributed by atoms with Crippen molar-refractivity contribution in [1.29, 1.82) is 0 Å². The third-order valence-electron chi connectivity index (χ3n) is 3.45. The van der Waals surface area contributed by atoms with Crippen LogP contribution in [0, 0.1) is 0 Å². The molecule has 106 valence electrons. The second kappa shape index (κ2) is 5.73. The first-order valence-corrected chi connectivity index (χ1v) is 6.36. The van der Waals surface area contributed by atoms with Crippen molar-refractivity contribution in [2.75, 3.05) is 0 Å². The van der Waals surface area contributed by atoms with Gasteiger partial charge in [0.25, 0.3) is 0 Å². The molecule has 1 aliphatic heterocycles. The average Bonchev–Trinajstić information content (AvgIpc) is 2.43. The maximum Gasteiger partial charge on any atom is 0.303 e. The summed E-state index contributed by atoms with van der Waals surface area (Å²) >= 11 is 0. The highest BCUT2D eigenvalue weighted by Crippen LogP contribution is 2.24. The lowest BCUT2D eigenvalue weighted by Gasteiger charge is -2.35. The molecule has 0 aromatic heterocycles. The molecule has 1 aromatic rings. The highest BCUT2D eigenvalue weighted by atomic mass is 16.4. The van der Waals surface area contributed by atoms with Gasteiger partial charge < -0.3 is 15.7 Å². The van der Waals surface area contributed by atoms with Crippen LogP contribution >= 0.6 is 0 Å². The Kier molecular flexibility index (Phi) is 4.02. The normalized spacial score (nSPS) is 17.4. The van der Waals surface area contributed by atoms with E-state index in [1.807, 2.05) is 24.3 Å². The predicted octanol–water partition coefficient (Wildman–Crippen LogP) is 0.290. The fourth-order valence-electron chi connectivity index (χ4n) is 2.40. The number of carbonyl (C=O) groups excluding carboxylic acids is 2. The predicted molar refractivity (Wildman–Crippen MR) is 70.5 cm³/mol. The van der Waals surface area contributed by atoms with Crippen LogP contribution in [0.5, 0.6) is 0 Å². The van der Waals surface area contributed by atoms with Crippen LogP contribution in [-0.4, -0.2) is 33.8 Å². The minimum Gasteiger partial charge on any atom is -0.481 e. The van der Waals surface area contributed by atoms with Gasteiger partial charge >= 0.3 is 5.97 Å². The number of carboxylic acids is 1. The Labute approximate surface area is 116 Å². The van der Waals surface area contributed by atoms with Gasteiger partial charge in [0.2, 0.25) is 11.8 Å². The van der Waals surface area contributed by atoms with E-state index in [0.717, 1.165) is 11.1 Å². The number of carbonyl (C=O) groups is 3. The summed E-state index contributed by atoms with van der Waals surface area (Å²) in [4.78, 5) is 35.5. The summed E-state index contributed by atoms with van der Waals surface area (Å²) in [6, 6.07) is 6.84. The standard InChI is InChI=1S/C14H16N2O4/c15-14(20)11-7-9-3-1-2-4-10(9)8-16(11)12(17)5-6-13(18)19/h1-4,11H,5-8H2,(H2,15,20)(H,18,19)/t11-/m0/s1. The number of carboxylic acid groups (broad SMARTS) is 1. The largest absolute Gasteiger partial charge is 0.481 e. The molecule has 1 atom stereocenters. The second-order valence-corrected chi connectivity index (χ2v) is 4.81. The molecule has 0 saturated carbocycles. The molecule has 0 bridgehead atoms. The Bertz CT molecular complexity index is 556. The number of amides is 2. The van der Waals surface area contributed by atoms with Crippen LogP contribution in [0.25, 0.3) is 0 Å². The number of hydrogen-bond acceptors (Lipinski definition) is 3. The number of nitrogens with zero attached hydrogens (tertiary/aromatic N) is 1. The van der Waals surface area contributed by atoms with E-state index in [2.05, 4.69) is 0 Å². The lowest BCUT2D eigenvalue weighted by molar-refractivity contribution is -0.144. The number of benzene rings is 1. The molecule has 3 N–H and O–H groups in total. The first-order chi connectivity index (χ1) is 9.49. The molecule has 1 aromatic carbocycles. The van der Waals surface area contributed by atoms with Crippen LogP contribution in [0.1, 0.15) is 24.0 Å². The monoisotopic (exact) mass is 276 g/mol. The van der Waals surface area contributed by atoms with Crippen LogP contribution in [-0.2, 0) is 27.3 Å². The average molecular weight is 276 g/mol. The van der Waals surface area contributed by atoms with E-state index in [9.17, 15) is 14.4 Å². The molecule has 6 nitrogen and oxygen atoms in total. The van der Waals surface area contributed by atoms with E-state index in [1.165, 1.54) is 4.90 Å². The van der Waals surface area contributed by atoms with Gasteiger partial charge in [-0.15, -0.1) is 0 Å². The Hall–Kier alpha value is -2.37. The summed E-state index contributed by atoms with van der Waals surface area (Å²) in [5, 5.41) is 8.63. The summed E-state index contributed by atoms with van der Waals surface area (Å²) in [5.41, 5.74) is 7.32. The lowest BCUT2D eigenvalue weighted by Crippen LogP contribution is -2.51. The first kappa shape index (κ1) is 14.0. The van der Waals surface area contributed by atoms with Crippen molar-refractivity contribution in [3.8, 4) is 0 Å². The van der Waals surface area contributed by atoms with Crippen molar-refractivity contribution in [1.82, 2.24) is 4.90 Å². The fourth-order valence-corrected chi connectivity index (χ4v) is 2.40. The molecule has 2 amide bonds. The summed E-state index contributed by atoms with van der Waals surface area (Å²) in [7, 11) is 0. The maximum atomic E-state index is 12.1. The van der Waals surface area contributed by atoms with E-state index in [0.29, 0.717) is 13.0 Å².